The highest BCUT2D eigenvalue weighted by Gasteiger charge is 2.24. The molecule has 0 atom stereocenters. The van der Waals surface area contributed by atoms with Crippen LogP contribution in [0.1, 0.15) is 58.8 Å². The summed E-state index contributed by atoms with van der Waals surface area (Å²) in [4.78, 5) is 12.5. The Balaban J connectivity index is 3.21. The van der Waals surface area contributed by atoms with E-state index < -0.39 is 0 Å². The van der Waals surface area contributed by atoms with Crippen LogP contribution in [0, 0.1) is 5.41 Å². The number of carbonyl (C=O) groups excluding carboxylic acids is 1. The molecule has 0 aliphatic heterocycles. The third kappa shape index (κ3) is 4.87. The molecule has 1 aromatic rings. The molecule has 1 aromatic carbocycles. The standard InChI is InChI=1S/C17H28N2O/c1-8-18-13-9-12(15(20)16(2,3)4)10-14(11-13)19-17(5,6)7/h9-11,18-19H,8H2,1-7H3. The van der Waals surface area contributed by atoms with Crippen molar-refractivity contribution in [2.24, 2.45) is 5.41 Å². The van der Waals surface area contributed by atoms with Crippen LogP contribution < -0.4 is 10.6 Å². The van der Waals surface area contributed by atoms with Gasteiger partial charge in [-0.05, 0) is 45.9 Å². The number of hydrogen-bond donors (Lipinski definition) is 2. The van der Waals surface area contributed by atoms with E-state index in [1.165, 1.54) is 0 Å². The van der Waals surface area contributed by atoms with Gasteiger partial charge in [0.05, 0.1) is 0 Å². The summed E-state index contributed by atoms with van der Waals surface area (Å²) >= 11 is 0. The number of Topliss-reactive ketones (excluding diaryl/α,β-unsaturated/α-hetero) is 1. The smallest absolute Gasteiger partial charge is 0.168 e. The van der Waals surface area contributed by atoms with Gasteiger partial charge in [0.15, 0.2) is 5.78 Å². The van der Waals surface area contributed by atoms with Gasteiger partial charge in [-0.3, -0.25) is 4.79 Å². The van der Waals surface area contributed by atoms with Gasteiger partial charge in [0.1, 0.15) is 0 Å². The third-order valence-corrected chi connectivity index (χ3v) is 2.78. The Bertz CT molecular complexity index is 479. The molecule has 0 aliphatic rings. The van der Waals surface area contributed by atoms with Gasteiger partial charge in [0, 0.05) is 34.4 Å². The Labute approximate surface area is 123 Å². The lowest BCUT2D eigenvalue weighted by molar-refractivity contribution is 0.0858. The van der Waals surface area contributed by atoms with Crippen molar-refractivity contribution in [1.82, 2.24) is 0 Å². The number of hydrogen-bond acceptors (Lipinski definition) is 3. The molecular weight excluding hydrogens is 248 g/mol. The summed E-state index contributed by atoms with van der Waals surface area (Å²) in [5.41, 5.74) is 2.30. The van der Waals surface area contributed by atoms with Crippen molar-refractivity contribution in [2.45, 2.75) is 54.0 Å². The van der Waals surface area contributed by atoms with E-state index in [0.29, 0.717) is 0 Å². The molecule has 0 heterocycles. The van der Waals surface area contributed by atoms with Gasteiger partial charge in [-0.15, -0.1) is 0 Å². The SMILES string of the molecule is CCNc1cc(NC(C)(C)C)cc(C(=O)C(C)(C)C)c1. The van der Waals surface area contributed by atoms with Gasteiger partial charge in [0.25, 0.3) is 0 Å². The van der Waals surface area contributed by atoms with Gasteiger partial charge >= 0.3 is 0 Å². The van der Waals surface area contributed by atoms with Gasteiger partial charge in [0.2, 0.25) is 0 Å². The second kappa shape index (κ2) is 5.86. The van der Waals surface area contributed by atoms with Gasteiger partial charge in [-0.1, -0.05) is 20.8 Å². The highest BCUT2D eigenvalue weighted by molar-refractivity contribution is 6.01. The van der Waals surface area contributed by atoms with Crippen molar-refractivity contribution >= 4 is 17.2 Å². The van der Waals surface area contributed by atoms with E-state index in [9.17, 15) is 4.79 Å². The predicted molar refractivity (Wildman–Crippen MR) is 87.8 cm³/mol. The lowest BCUT2D eigenvalue weighted by Gasteiger charge is -2.24. The third-order valence-electron chi connectivity index (χ3n) is 2.78. The monoisotopic (exact) mass is 276 g/mol. The summed E-state index contributed by atoms with van der Waals surface area (Å²) in [6.45, 7) is 15.1. The number of ketones is 1. The van der Waals surface area contributed by atoms with Crippen LogP contribution in [0.15, 0.2) is 18.2 Å². The average molecular weight is 276 g/mol. The zero-order chi connectivity index (χ0) is 15.6. The first-order valence-electron chi connectivity index (χ1n) is 7.25. The molecule has 2 N–H and O–H groups in total. The van der Waals surface area contributed by atoms with E-state index in [1.807, 2.05) is 39.0 Å². The maximum Gasteiger partial charge on any atom is 0.168 e. The van der Waals surface area contributed by atoms with Crippen LogP contribution in [0.5, 0.6) is 0 Å². The van der Waals surface area contributed by atoms with Crippen LogP contribution in [-0.4, -0.2) is 17.9 Å². The minimum Gasteiger partial charge on any atom is -0.385 e. The fourth-order valence-electron chi connectivity index (χ4n) is 2.00. The highest BCUT2D eigenvalue weighted by atomic mass is 16.1. The van der Waals surface area contributed by atoms with Crippen LogP contribution >= 0.6 is 0 Å². The Hall–Kier alpha value is -1.51. The first kappa shape index (κ1) is 16.5. The molecule has 112 valence electrons. The van der Waals surface area contributed by atoms with Crippen LogP contribution in [0.4, 0.5) is 11.4 Å². The molecule has 1 rings (SSSR count). The van der Waals surface area contributed by atoms with E-state index >= 15 is 0 Å². The Kier molecular flexibility index (Phi) is 4.85. The summed E-state index contributed by atoms with van der Waals surface area (Å²) in [6, 6.07) is 5.93. The summed E-state index contributed by atoms with van der Waals surface area (Å²) in [5, 5.41) is 6.72. The topological polar surface area (TPSA) is 41.1 Å². The maximum absolute atomic E-state index is 12.5. The molecule has 0 saturated heterocycles. The molecule has 0 aromatic heterocycles. The lowest BCUT2D eigenvalue weighted by atomic mass is 9.86. The van der Waals surface area contributed by atoms with E-state index in [1.54, 1.807) is 0 Å². The van der Waals surface area contributed by atoms with Crippen LogP contribution in [0.3, 0.4) is 0 Å². The van der Waals surface area contributed by atoms with Gasteiger partial charge in [-0.2, -0.15) is 0 Å². The minimum atomic E-state index is -0.371. The molecular formula is C17H28N2O. The largest absolute Gasteiger partial charge is 0.385 e. The Morgan fingerprint density at radius 3 is 2.00 bits per heavy atom. The van der Waals surface area contributed by atoms with Crippen molar-refractivity contribution in [1.29, 1.82) is 0 Å². The molecule has 0 amide bonds. The number of nitrogens with one attached hydrogen (secondary N) is 2. The summed E-state index contributed by atoms with van der Waals surface area (Å²) in [7, 11) is 0. The number of rotatable bonds is 4. The minimum absolute atomic E-state index is 0.0348. The van der Waals surface area contributed by atoms with E-state index in [2.05, 4.69) is 38.3 Å². The molecule has 0 aliphatic carbocycles. The quantitative estimate of drug-likeness (QED) is 0.792. The molecule has 0 fully saturated rings. The van der Waals surface area contributed by atoms with Gasteiger partial charge < -0.3 is 10.6 Å². The van der Waals surface area contributed by atoms with E-state index in [-0.39, 0.29) is 16.7 Å². The normalized spacial score (nSPS) is 12.2. The number of carbonyl (C=O) groups is 1. The molecule has 0 bridgehead atoms. The van der Waals surface area contributed by atoms with Crippen LogP contribution in [0.2, 0.25) is 0 Å². The van der Waals surface area contributed by atoms with Crippen molar-refractivity contribution in [3.8, 4) is 0 Å². The fraction of sp³-hybridized carbons (Fsp3) is 0.588. The number of benzene rings is 1. The molecule has 0 saturated carbocycles. The Morgan fingerprint density at radius 2 is 1.55 bits per heavy atom. The van der Waals surface area contributed by atoms with Crippen LogP contribution in [0.25, 0.3) is 0 Å². The average Bonchev–Trinajstić information content (AvgIpc) is 2.24. The first-order chi connectivity index (χ1) is 9.03. The molecule has 3 nitrogen and oxygen atoms in total. The first-order valence-corrected chi connectivity index (χ1v) is 7.25. The zero-order valence-electron chi connectivity index (χ0n) is 13.8. The molecule has 0 unspecified atom stereocenters. The fourth-order valence-corrected chi connectivity index (χ4v) is 2.00. The van der Waals surface area contributed by atoms with E-state index in [0.717, 1.165) is 23.5 Å². The lowest BCUT2D eigenvalue weighted by Crippen LogP contribution is -2.26. The summed E-state index contributed by atoms with van der Waals surface area (Å²) in [6.07, 6.45) is 0. The summed E-state index contributed by atoms with van der Waals surface area (Å²) in [5.74, 6) is 0.161. The highest BCUT2D eigenvalue weighted by Crippen LogP contribution is 2.27. The van der Waals surface area contributed by atoms with Crippen LogP contribution in [-0.2, 0) is 0 Å². The molecule has 3 heteroatoms. The van der Waals surface area contributed by atoms with Crippen molar-refractivity contribution < 1.29 is 4.79 Å². The number of anilines is 2. The maximum atomic E-state index is 12.5. The zero-order valence-corrected chi connectivity index (χ0v) is 13.8. The van der Waals surface area contributed by atoms with E-state index in [4.69, 9.17) is 0 Å². The van der Waals surface area contributed by atoms with Crippen molar-refractivity contribution in [3.63, 3.8) is 0 Å². The second-order valence-electron chi connectivity index (χ2n) is 7.28. The summed E-state index contributed by atoms with van der Waals surface area (Å²) < 4.78 is 0. The molecule has 0 spiro atoms. The molecule has 20 heavy (non-hydrogen) atoms. The predicted octanol–water partition coefficient (Wildman–Crippen LogP) is 4.56. The van der Waals surface area contributed by atoms with Gasteiger partial charge in [-0.25, -0.2) is 0 Å². The molecule has 0 radical (unpaired) electrons. The second-order valence-corrected chi connectivity index (χ2v) is 7.28. The van der Waals surface area contributed by atoms with Crippen molar-refractivity contribution in [2.75, 3.05) is 17.2 Å². The van der Waals surface area contributed by atoms with Crippen molar-refractivity contribution in [3.05, 3.63) is 23.8 Å². The Morgan fingerprint density at radius 1 is 1.00 bits per heavy atom.